The molecule has 2 aromatic carbocycles. The highest BCUT2D eigenvalue weighted by atomic mass is 32.2. The molecule has 4 aromatic rings. The second-order valence-electron chi connectivity index (χ2n) is 10.0. The monoisotopic (exact) mass is 667 g/mol. The van der Waals surface area contributed by atoms with Crippen molar-refractivity contribution in [1.29, 1.82) is 0 Å². The quantitative estimate of drug-likeness (QED) is 0.122. The Balaban J connectivity index is 0.000000738. The summed E-state index contributed by atoms with van der Waals surface area (Å²) in [6, 6.07) is 8.57. The van der Waals surface area contributed by atoms with E-state index in [-0.39, 0.29) is 4.90 Å². The van der Waals surface area contributed by atoms with E-state index in [1.165, 1.54) is 0 Å². The molecular formula is C28H32F3N7O7S. The average Bonchev–Trinajstić information content (AvgIpc) is 3.60. The van der Waals surface area contributed by atoms with Crippen molar-refractivity contribution in [3.8, 4) is 0 Å². The van der Waals surface area contributed by atoms with E-state index in [4.69, 9.17) is 9.90 Å². The number of carbonyl (C=O) groups excluding carboxylic acids is 1. The number of hydrogen-bond donors (Lipinski definition) is 6. The minimum atomic E-state index is -5.08. The molecule has 248 valence electrons. The Labute approximate surface area is 261 Å². The van der Waals surface area contributed by atoms with E-state index in [1.54, 1.807) is 68.3 Å². The summed E-state index contributed by atoms with van der Waals surface area (Å²) in [6.45, 7) is 3.55. The SMILES string of the molecule is Cc1cccc(C)c1S(=O)(=O)NC(CNC(=O)c1ccc2c(CCCNc3ncc[nH]3)nn(C)c2c1)C(=O)O.O=C(O)C(F)(F)F. The van der Waals surface area contributed by atoms with E-state index < -0.39 is 46.6 Å². The molecule has 4 rings (SSSR count). The van der Waals surface area contributed by atoms with Crippen LogP contribution in [0.15, 0.2) is 53.7 Å². The number of carboxylic acid groups (broad SMARTS) is 2. The molecule has 0 aliphatic carbocycles. The number of carboxylic acids is 2. The van der Waals surface area contributed by atoms with Crippen LogP contribution in [-0.4, -0.2) is 81.5 Å². The Hall–Kier alpha value is -4.97. The fourth-order valence-electron chi connectivity index (χ4n) is 4.43. The molecule has 1 amide bonds. The molecular weight excluding hydrogens is 635 g/mol. The zero-order valence-corrected chi connectivity index (χ0v) is 25.7. The highest BCUT2D eigenvalue weighted by molar-refractivity contribution is 7.89. The first-order valence-electron chi connectivity index (χ1n) is 13.6. The second kappa shape index (κ2) is 14.9. The number of H-pyrrole nitrogens is 1. The molecule has 14 nitrogen and oxygen atoms in total. The van der Waals surface area contributed by atoms with Gasteiger partial charge in [0.25, 0.3) is 5.91 Å². The van der Waals surface area contributed by atoms with Crippen molar-refractivity contribution >= 4 is 44.7 Å². The van der Waals surface area contributed by atoms with Crippen molar-refractivity contribution in [1.82, 2.24) is 29.8 Å². The lowest BCUT2D eigenvalue weighted by Gasteiger charge is -2.18. The van der Waals surface area contributed by atoms with Gasteiger partial charge in [0, 0.05) is 43.5 Å². The average molecular weight is 668 g/mol. The predicted octanol–water partition coefficient (Wildman–Crippen LogP) is 2.75. The first-order chi connectivity index (χ1) is 21.5. The van der Waals surface area contributed by atoms with Gasteiger partial charge in [0.05, 0.1) is 16.1 Å². The third-order valence-electron chi connectivity index (χ3n) is 6.55. The number of sulfonamides is 1. The number of rotatable bonds is 12. The van der Waals surface area contributed by atoms with E-state index in [0.717, 1.165) is 29.4 Å². The lowest BCUT2D eigenvalue weighted by molar-refractivity contribution is -0.192. The Morgan fingerprint density at radius 3 is 2.30 bits per heavy atom. The number of aliphatic carboxylic acids is 2. The minimum Gasteiger partial charge on any atom is -0.480 e. The molecule has 0 saturated carbocycles. The van der Waals surface area contributed by atoms with Crippen LogP contribution in [-0.2, 0) is 33.1 Å². The number of benzene rings is 2. The highest BCUT2D eigenvalue weighted by Gasteiger charge is 2.38. The fraction of sp³-hybridized carbons (Fsp3) is 0.321. The van der Waals surface area contributed by atoms with Crippen molar-refractivity contribution in [2.75, 3.05) is 18.4 Å². The van der Waals surface area contributed by atoms with Crippen LogP contribution in [0.5, 0.6) is 0 Å². The van der Waals surface area contributed by atoms with Crippen LogP contribution in [0.25, 0.3) is 10.9 Å². The third kappa shape index (κ3) is 9.27. The Kier molecular flexibility index (Phi) is 11.5. The summed E-state index contributed by atoms with van der Waals surface area (Å²) in [5.74, 6) is -3.98. The Morgan fingerprint density at radius 2 is 1.74 bits per heavy atom. The summed E-state index contributed by atoms with van der Waals surface area (Å²) in [5.41, 5.74) is 2.94. The van der Waals surface area contributed by atoms with Gasteiger partial charge >= 0.3 is 18.1 Å². The van der Waals surface area contributed by atoms with Gasteiger partial charge in [-0.05, 0) is 49.9 Å². The number of aromatic amines is 1. The Morgan fingerprint density at radius 1 is 1.09 bits per heavy atom. The van der Waals surface area contributed by atoms with E-state index in [9.17, 15) is 36.3 Å². The zero-order chi connectivity index (χ0) is 34.2. The van der Waals surface area contributed by atoms with Gasteiger partial charge < -0.3 is 25.8 Å². The predicted molar refractivity (Wildman–Crippen MR) is 160 cm³/mol. The van der Waals surface area contributed by atoms with Gasteiger partial charge in [0.1, 0.15) is 6.04 Å². The van der Waals surface area contributed by atoms with E-state index >= 15 is 0 Å². The highest BCUT2D eigenvalue weighted by Crippen LogP contribution is 2.22. The van der Waals surface area contributed by atoms with Gasteiger partial charge in [-0.1, -0.05) is 24.3 Å². The van der Waals surface area contributed by atoms with Crippen LogP contribution in [0.3, 0.4) is 0 Å². The third-order valence-corrected chi connectivity index (χ3v) is 8.33. The van der Waals surface area contributed by atoms with E-state index in [2.05, 4.69) is 30.4 Å². The molecule has 0 aliphatic heterocycles. The van der Waals surface area contributed by atoms with Gasteiger partial charge in [-0.15, -0.1) is 0 Å². The number of hydrogen-bond acceptors (Lipinski definition) is 8. The van der Waals surface area contributed by atoms with Crippen molar-refractivity contribution in [3.05, 3.63) is 71.2 Å². The lowest BCUT2D eigenvalue weighted by atomic mass is 10.1. The zero-order valence-electron chi connectivity index (χ0n) is 24.8. The maximum Gasteiger partial charge on any atom is 0.490 e. The number of amides is 1. The summed E-state index contributed by atoms with van der Waals surface area (Å²) in [7, 11) is -2.35. The molecule has 0 fully saturated rings. The number of fused-ring (bicyclic) bond motifs is 1. The van der Waals surface area contributed by atoms with Crippen LogP contribution in [0.1, 0.15) is 33.6 Å². The molecule has 2 aromatic heterocycles. The maximum atomic E-state index is 12.9. The van der Waals surface area contributed by atoms with Crippen LogP contribution in [0.4, 0.5) is 19.1 Å². The largest absolute Gasteiger partial charge is 0.490 e. The number of nitrogens with zero attached hydrogens (tertiary/aromatic N) is 3. The van der Waals surface area contributed by atoms with Crippen LogP contribution in [0.2, 0.25) is 0 Å². The molecule has 0 saturated heterocycles. The summed E-state index contributed by atoms with van der Waals surface area (Å²) < 4.78 is 61.5. The molecule has 0 spiro atoms. The molecule has 6 N–H and O–H groups in total. The van der Waals surface area contributed by atoms with Crippen molar-refractivity contribution in [2.24, 2.45) is 7.05 Å². The molecule has 1 unspecified atom stereocenters. The fourth-order valence-corrected chi connectivity index (χ4v) is 6.09. The summed E-state index contributed by atoms with van der Waals surface area (Å²) >= 11 is 0. The van der Waals surface area contributed by atoms with Crippen LogP contribution in [0, 0.1) is 13.8 Å². The summed E-state index contributed by atoms with van der Waals surface area (Å²) in [5, 5.41) is 28.0. The van der Waals surface area contributed by atoms with E-state index in [0.29, 0.717) is 29.2 Å². The number of halogens is 3. The Bertz CT molecular complexity index is 1790. The smallest absolute Gasteiger partial charge is 0.480 e. The van der Waals surface area contributed by atoms with Crippen LogP contribution >= 0.6 is 0 Å². The second-order valence-corrected chi connectivity index (χ2v) is 11.7. The van der Waals surface area contributed by atoms with Gasteiger partial charge in [-0.25, -0.2) is 18.2 Å². The number of aryl methyl sites for hydroxylation is 4. The molecule has 0 aliphatic rings. The number of alkyl halides is 3. The van der Waals surface area contributed by atoms with Crippen LogP contribution < -0.4 is 15.4 Å². The van der Waals surface area contributed by atoms with Crippen molar-refractivity contribution in [3.63, 3.8) is 0 Å². The van der Waals surface area contributed by atoms with Gasteiger partial charge in [0.2, 0.25) is 10.0 Å². The molecule has 18 heteroatoms. The molecule has 1 atom stereocenters. The maximum absolute atomic E-state index is 12.9. The van der Waals surface area contributed by atoms with E-state index in [1.807, 2.05) is 6.07 Å². The molecule has 46 heavy (non-hydrogen) atoms. The van der Waals surface area contributed by atoms with Gasteiger partial charge in [-0.2, -0.15) is 23.0 Å². The summed E-state index contributed by atoms with van der Waals surface area (Å²) in [6.07, 6.45) is -0.120. The number of carbonyl (C=O) groups is 3. The van der Waals surface area contributed by atoms with Gasteiger partial charge in [-0.3, -0.25) is 14.3 Å². The van der Waals surface area contributed by atoms with Crippen molar-refractivity contribution in [2.45, 2.75) is 43.8 Å². The first kappa shape index (κ1) is 35.5. The number of imidazole rings is 1. The van der Waals surface area contributed by atoms with Gasteiger partial charge in [0.15, 0.2) is 5.95 Å². The normalized spacial score (nSPS) is 12.2. The lowest BCUT2D eigenvalue weighted by Crippen LogP contribution is -2.48. The number of aromatic nitrogens is 4. The summed E-state index contributed by atoms with van der Waals surface area (Å²) in [4.78, 5) is 40.7. The molecule has 2 heterocycles. The molecule has 0 bridgehead atoms. The van der Waals surface area contributed by atoms with Crippen molar-refractivity contribution < 1.29 is 46.2 Å². The molecule has 0 radical (unpaired) electrons. The standard InChI is InChI=1S/C26H31N7O5S.C2HF3O2/c1-16-6-4-7-17(2)23(16)39(37,38)32-21(25(35)36)15-30-24(34)18-9-10-19-20(31-33(3)22(19)14-18)8-5-11-27-26-28-12-13-29-26;3-2(4,5)1(6)7/h4,6-7,9-10,12-14,21,32H,5,8,11,15H2,1-3H3,(H,30,34)(H,35,36)(H2,27,28,29);(H,6,7). The minimum absolute atomic E-state index is 0.0248. The number of anilines is 1. The first-order valence-corrected chi connectivity index (χ1v) is 15.1. The topological polar surface area (TPSA) is 208 Å². The number of nitrogens with one attached hydrogen (secondary N) is 4.